The Balaban J connectivity index is 1.53. The number of aromatic nitrogens is 1. The number of Topliss-reactive ketones (excluding diaryl/α,β-unsaturated/α-hetero) is 2. The van der Waals surface area contributed by atoms with Gasteiger partial charge in [-0.15, -0.1) is 0 Å². The second kappa shape index (κ2) is 11.3. The molecule has 4 aromatic rings. The zero-order valence-electron chi connectivity index (χ0n) is 21.1. The molecule has 3 N–H and O–H groups in total. The average molecular weight is 494 g/mol. The fourth-order valence-corrected chi connectivity index (χ4v) is 4.34. The first-order chi connectivity index (χ1) is 17.7. The zero-order valence-corrected chi connectivity index (χ0v) is 21.1. The van der Waals surface area contributed by atoms with Crippen LogP contribution in [0.4, 0.5) is 0 Å². The number of ketones is 2. The van der Waals surface area contributed by atoms with Crippen molar-refractivity contribution in [2.75, 3.05) is 6.54 Å². The van der Waals surface area contributed by atoms with Crippen LogP contribution in [0.1, 0.15) is 70.1 Å². The minimum Gasteiger partial charge on any atom is -0.390 e. The van der Waals surface area contributed by atoms with Crippen LogP contribution in [-0.4, -0.2) is 33.8 Å². The molecule has 1 unspecified atom stereocenters. The summed E-state index contributed by atoms with van der Waals surface area (Å²) in [5.41, 5.74) is 3.52. The molecular weight excluding hydrogens is 462 g/mol. The summed E-state index contributed by atoms with van der Waals surface area (Å²) in [4.78, 5) is 29.5. The van der Waals surface area contributed by atoms with E-state index in [1.54, 1.807) is 44.3 Å². The van der Waals surface area contributed by atoms with E-state index >= 15 is 0 Å². The van der Waals surface area contributed by atoms with Gasteiger partial charge in [-0.05, 0) is 56.0 Å². The second-order valence-electron chi connectivity index (χ2n) is 9.92. The average Bonchev–Trinajstić information content (AvgIpc) is 3.33. The Morgan fingerprint density at radius 1 is 1.05 bits per heavy atom. The largest absolute Gasteiger partial charge is 0.390 e. The number of carbonyl (C=O) groups excluding carboxylic acids is 2. The van der Waals surface area contributed by atoms with Gasteiger partial charge in [0.25, 0.3) is 0 Å². The van der Waals surface area contributed by atoms with Crippen molar-refractivity contribution in [2.24, 2.45) is 0 Å². The molecule has 0 aliphatic heterocycles. The monoisotopic (exact) mass is 493 g/mol. The maximum atomic E-state index is 13.8. The number of carbonyl (C=O) groups is 2. The lowest BCUT2D eigenvalue weighted by Crippen LogP contribution is -2.30. The molecule has 0 aliphatic carbocycles. The fraction of sp³-hybridized carbons (Fsp3) is 0.258. The highest BCUT2D eigenvalue weighted by Crippen LogP contribution is 2.26. The second-order valence-corrected chi connectivity index (χ2v) is 9.92. The lowest BCUT2D eigenvalue weighted by Gasteiger charge is -2.18. The predicted octanol–water partition coefficient (Wildman–Crippen LogP) is 5.53. The van der Waals surface area contributed by atoms with Crippen LogP contribution in [0.5, 0.6) is 0 Å². The lowest BCUT2D eigenvalue weighted by atomic mass is 9.95. The van der Waals surface area contributed by atoms with Gasteiger partial charge >= 0.3 is 0 Å². The third-order valence-corrected chi connectivity index (χ3v) is 6.47. The van der Waals surface area contributed by atoms with Gasteiger partial charge in [0.05, 0.1) is 23.3 Å². The first-order valence-corrected chi connectivity index (χ1v) is 12.4. The van der Waals surface area contributed by atoms with Crippen molar-refractivity contribution >= 4 is 22.5 Å². The molecule has 1 atom stereocenters. The Morgan fingerprint density at radius 3 is 2.46 bits per heavy atom. The van der Waals surface area contributed by atoms with E-state index in [1.807, 2.05) is 48.5 Å². The normalized spacial score (nSPS) is 12.3. The number of nitrogens with zero attached hydrogens (tertiary/aromatic N) is 1. The van der Waals surface area contributed by atoms with Gasteiger partial charge in [-0.3, -0.25) is 9.59 Å². The van der Waals surface area contributed by atoms with Crippen LogP contribution in [0, 0.1) is 11.3 Å². The summed E-state index contributed by atoms with van der Waals surface area (Å²) in [7, 11) is 0. The smallest absolute Gasteiger partial charge is 0.186 e. The summed E-state index contributed by atoms with van der Waals surface area (Å²) in [6.45, 7) is 3.96. The van der Waals surface area contributed by atoms with Gasteiger partial charge in [-0.25, -0.2) is 0 Å². The molecule has 4 rings (SSSR count). The third-order valence-electron chi connectivity index (χ3n) is 6.47. The number of benzene rings is 3. The molecule has 0 fully saturated rings. The van der Waals surface area contributed by atoms with E-state index in [2.05, 4.69) is 16.4 Å². The van der Waals surface area contributed by atoms with Crippen LogP contribution in [-0.2, 0) is 6.42 Å². The molecule has 37 heavy (non-hydrogen) atoms. The van der Waals surface area contributed by atoms with E-state index in [-0.39, 0.29) is 18.0 Å². The molecule has 6 nitrogen and oxygen atoms in total. The molecule has 0 spiro atoms. The van der Waals surface area contributed by atoms with Crippen molar-refractivity contribution < 1.29 is 14.7 Å². The number of nitrogens with one attached hydrogen (secondary N) is 2. The quantitative estimate of drug-likeness (QED) is 0.238. The van der Waals surface area contributed by atoms with E-state index in [0.29, 0.717) is 36.1 Å². The Hall–Kier alpha value is -4.05. The number of H-pyrrole nitrogens is 1. The molecule has 1 aromatic heterocycles. The molecule has 0 radical (unpaired) electrons. The van der Waals surface area contributed by atoms with Crippen LogP contribution >= 0.6 is 0 Å². The first-order valence-electron chi connectivity index (χ1n) is 12.4. The molecule has 0 saturated carbocycles. The summed E-state index contributed by atoms with van der Waals surface area (Å²) in [6.07, 6.45) is 3.05. The van der Waals surface area contributed by atoms with Crippen LogP contribution < -0.4 is 5.32 Å². The molecule has 0 amide bonds. The summed E-state index contributed by atoms with van der Waals surface area (Å²) >= 11 is 0. The molecule has 3 aromatic carbocycles. The van der Waals surface area contributed by atoms with Crippen LogP contribution in [0.2, 0.25) is 0 Å². The highest BCUT2D eigenvalue weighted by atomic mass is 16.3. The van der Waals surface area contributed by atoms with Crippen molar-refractivity contribution in [2.45, 2.75) is 44.8 Å². The zero-order chi connectivity index (χ0) is 26.4. The van der Waals surface area contributed by atoms with E-state index in [9.17, 15) is 14.7 Å². The van der Waals surface area contributed by atoms with E-state index in [4.69, 9.17) is 5.26 Å². The molecule has 0 aliphatic rings. The predicted molar refractivity (Wildman–Crippen MR) is 145 cm³/mol. The van der Waals surface area contributed by atoms with Crippen LogP contribution in [0.25, 0.3) is 10.9 Å². The highest BCUT2D eigenvalue weighted by Gasteiger charge is 2.24. The van der Waals surface area contributed by atoms with Crippen molar-refractivity contribution in [1.29, 1.82) is 5.26 Å². The number of fused-ring (bicyclic) bond motifs is 1. The first kappa shape index (κ1) is 26.0. The Morgan fingerprint density at radius 2 is 1.78 bits per heavy atom. The van der Waals surface area contributed by atoms with E-state index < -0.39 is 11.6 Å². The molecule has 1 heterocycles. The minimum absolute atomic E-state index is 0.0434. The molecular formula is C31H31N3O3. The Labute approximate surface area is 217 Å². The molecule has 0 bridgehead atoms. The number of aliphatic hydroxyl groups is 1. The minimum atomic E-state index is -0.897. The molecule has 0 saturated heterocycles. The number of hydrogen-bond acceptors (Lipinski definition) is 5. The van der Waals surface area contributed by atoms with Gasteiger partial charge in [-0.1, -0.05) is 54.6 Å². The summed E-state index contributed by atoms with van der Waals surface area (Å²) in [5, 5.41) is 23.1. The van der Waals surface area contributed by atoms with Gasteiger partial charge in [-0.2, -0.15) is 5.26 Å². The number of rotatable bonds is 11. The van der Waals surface area contributed by atoms with Crippen LogP contribution in [0.3, 0.4) is 0 Å². The SMILES string of the molecule is CC(C)(O)CCC(=O)c1ccc2c(C(=O)C(NCCc3ccc(C#N)cc3)c3ccccc3)c[nH]c2c1. The standard InChI is InChI=1S/C31H31N3O3/c1-31(2,37)16-14-28(35)24-12-13-25-26(20-34-27(25)18-24)30(36)29(23-6-4-3-5-7-23)33-17-15-21-8-10-22(19-32)11-9-21/h3-13,18,20,29,33-34,37H,14-17H2,1-2H3. The van der Waals surface area contributed by atoms with Crippen molar-refractivity contribution in [3.63, 3.8) is 0 Å². The fourth-order valence-electron chi connectivity index (χ4n) is 4.34. The van der Waals surface area contributed by atoms with Gasteiger partial charge in [0, 0.05) is 41.2 Å². The van der Waals surface area contributed by atoms with Gasteiger partial charge in [0.15, 0.2) is 11.6 Å². The Bertz CT molecular complexity index is 1420. The summed E-state index contributed by atoms with van der Waals surface area (Å²) in [5.74, 6) is -0.100. The summed E-state index contributed by atoms with van der Waals surface area (Å²) < 4.78 is 0. The van der Waals surface area contributed by atoms with Gasteiger partial charge in [0.2, 0.25) is 0 Å². The van der Waals surface area contributed by atoms with E-state index in [1.165, 1.54) is 0 Å². The molecule has 6 heteroatoms. The lowest BCUT2D eigenvalue weighted by molar-refractivity contribution is 0.0633. The Kier molecular flexibility index (Phi) is 7.98. The van der Waals surface area contributed by atoms with E-state index in [0.717, 1.165) is 22.0 Å². The van der Waals surface area contributed by atoms with Gasteiger partial charge in [0.1, 0.15) is 0 Å². The topological polar surface area (TPSA) is 106 Å². The number of aromatic amines is 1. The van der Waals surface area contributed by atoms with Gasteiger partial charge < -0.3 is 15.4 Å². The number of nitriles is 1. The van der Waals surface area contributed by atoms with Crippen molar-refractivity contribution in [3.05, 3.63) is 107 Å². The van der Waals surface area contributed by atoms with Crippen molar-refractivity contribution in [1.82, 2.24) is 10.3 Å². The third kappa shape index (κ3) is 6.59. The van der Waals surface area contributed by atoms with Crippen LogP contribution in [0.15, 0.2) is 79.0 Å². The maximum absolute atomic E-state index is 13.8. The van der Waals surface area contributed by atoms with Crippen molar-refractivity contribution in [3.8, 4) is 6.07 Å². The highest BCUT2D eigenvalue weighted by molar-refractivity contribution is 6.11. The summed E-state index contributed by atoms with van der Waals surface area (Å²) in [6, 6.07) is 24.0. The number of hydrogen-bond donors (Lipinski definition) is 3. The molecule has 188 valence electrons. The maximum Gasteiger partial charge on any atom is 0.186 e.